The number of ether oxygens (including phenoxy) is 1. The van der Waals surface area contributed by atoms with E-state index in [-0.39, 0.29) is 11.7 Å². The van der Waals surface area contributed by atoms with Crippen molar-refractivity contribution in [3.05, 3.63) is 77.5 Å². The van der Waals surface area contributed by atoms with E-state index < -0.39 is 39.2 Å². The SMILES string of the molecule is CS(=O)(=O)Nc1ccc(Oc2ccc(CN3CCC(N(CC4CCCC4)C(=O)Nc4cc(C(N)=O)c(F)cc4F)CC3)cn2)cc1. The molecule has 3 aromatic rings. The van der Waals surface area contributed by atoms with Crippen molar-refractivity contribution in [1.82, 2.24) is 14.8 Å². The Bertz CT molecular complexity index is 1640. The number of pyridine rings is 1. The maximum absolute atomic E-state index is 14.6. The second kappa shape index (κ2) is 14.4. The van der Waals surface area contributed by atoms with E-state index in [2.05, 4.69) is 19.9 Å². The number of nitrogens with two attached hydrogens (primary N) is 1. The van der Waals surface area contributed by atoms with E-state index in [1.165, 1.54) is 0 Å². The van der Waals surface area contributed by atoms with E-state index in [1.807, 2.05) is 6.07 Å². The van der Waals surface area contributed by atoms with Gasteiger partial charge in [0, 0.05) is 56.2 Å². The summed E-state index contributed by atoms with van der Waals surface area (Å²) in [6.07, 6.45) is 8.55. The molecule has 0 radical (unpaired) electrons. The lowest BCUT2D eigenvalue weighted by molar-refractivity contribution is 0.0996. The number of hydrogen-bond donors (Lipinski definition) is 3. The van der Waals surface area contributed by atoms with E-state index in [9.17, 15) is 26.8 Å². The van der Waals surface area contributed by atoms with Gasteiger partial charge in [-0.05, 0) is 67.5 Å². The molecule has 1 aromatic heterocycles. The number of urea groups is 1. The summed E-state index contributed by atoms with van der Waals surface area (Å²) >= 11 is 0. The number of hydrogen-bond acceptors (Lipinski definition) is 7. The van der Waals surface area contributed by atoms with Crippen LogP contribution in [0.2, 0.25) is 0 Å². The van der Waals surface area contributed by atoms with E-state index in [0.29, 0.717) is 42.4 Å². The van der Waals surface area contributed by atoms with Crippen LogP contribution in [0.4, 0.5) is 25.0 Å². The highest BCUT2D eigenvalue weighted by molar-refractivity contribution is 7.92. The summed E-state index contributed by atoms with van der Waals surface area (Å²) in [6.45, 7) is 2.69. The Morgan fingerprint density at radius 1 is 1.02 bits per heavy atom. The van der Waals surface area contributed by atoms with Crippen LogP contribution in [0, 0.1) is 17.6 Å². The number of halogens is 2. The summed E-state index contributed by atoms with van der Waals surface area (Å²) in [7, 11) is -3.36. The third-order valence-corrected chi connectivity index (χ3v) is 8.94. The van der Waals surface area contributed by atoms with Crippen LogP contribution < -0.4 is 20.5 Å². The quantitative estimate of drug-likeness (QED) is 0.253. The lowest BCUT2D eigenvalue weighted by Crippen LogP contribution is -2.50. The number of primary amides is 1. The molecular weight excluding hydrogens is 618 g/mol. The predicted molar refractivity (Wildman–Crippen MR) is 170 cm³/mol. The highest BCUT2D eigenvalue weighted by atomic mass is 32.2. The first-order chi connectivity index (χ1) is 21.9. The molecule has 1 aliphatic carbocycles. The van der Waals surface area contributed by atoms with Crippen molar-refractivity contribution in [2.45, 2.75) is 51.1 Å². The van der Waals surface area contributed by atoms with Gasteiger partial charge in [0.1, 0.15) is 17.4 Å². The van der Waals surface area contributed by atoms with Gasteiger partial charge in [-0.1, -0.05) is 18.9 Å². The molecule has 14 heteroatoms. The van der Waals surface area contributed by atoms with Crippen LogP contribution >= 0.6 is 0 Å². The van der Waals surface area contributed by atoms with Crippen molar-refractivity contribution < 1.29 is 31.5 Å². The Labute approximate surface area is 267 Å². The van der Waals surface area contributed by atoms with Gasteiger partial charge in [0.05, 0.1) is 17.5 Å². The van der Waals surface area contributed by atoms with Gasteiger partial charge in [0.25, 0.3) is 5.91 Å². The molecule has 46 heavy (non-hydrogen) atoms. The molecule has 0 bridgehead atoms. The van der Waals surface area contributed by atoms with Gasteiger partial charge in [0.2, 0.25) is 15.9 Å². The standard InChI is InChI=1S/C32H38F2N6O5S/c1-46(43,44)38-23-7-9-25(10-8-23)45-30-11-6-22(18-36-30)19-39-14-12-24(13-15-39)40(20-21-4-2-3-5-21)32(42)37-29-16-26(31(35)41)27(33)17-28(29)34/h6-11,16-18,21,24,38H,2-5,12-15,19-20H2,1H3,(H2,35,41)(H,37,42). The highest BCUT2D eigenvalue weighted by Gasteiger charge is 2.31. The molecule has 0 unspecified atom stereocenters. The number of aromatic nitrogens is 1. The van der Waals surface area contributed by atoms with Crippen LogP contribution in [0.25, 0.3) is 0 Å². The lowest BCUT2D eigenvalue weighted by Gasteiger charge is -2.39. The van der Waals surface area contributed by atoms with Crippen LogP contribution in [-0.4, -0.2) is 67.1 Å². The Hall–Kier alpha value is -4.30. The topological polar surface area (TPSA) is 147 Å². The fourth-order valence-corrected chi connectivity index (χ4v) is 6.59. The third-order valence-electron chi connectivity index (χ3n) is 8.34. The number of piperidine rings is 1. The summed E-state index contributed by atoms with van der Waals surface area (Å²) in [5.41, 5.74) is 5.88. The number of sulfonamides is 1. The van der Waals surface area contributed by atoms with E-state index >= 15 is 0 Å². The molecular formula is C32H38F2N6O5S. The number of rotatable bonds is 11. The van der Waals surface area contributed by atoms with Crippen LogP contribution in [0.3, 0.4) is 0 Å². The number of carbonyl (C=O) groups excluding carboxylic acids is 2. The lowest BCUT2D eigenvalue weighted by atomic mass is 10.00. The van der Waals surface area contributed by atoms with Crippen LogP contribution in [0.1, 0.15) is 54.4 Å². The third kappa shape index (κ3) is 8.91. The fraction of sp³-hybridized carbons (Fsp3) is 0.406. The number of nitrogens with one attached hydrogen (secondary N) is 2. The summed E-state index contributed by atoms with van der Waals surface area (Å²) in [4.78, 5) is 33.6. The molecule has 2 fully saturated rings. The molecule has 5 rings (SSSR count). The molecule has 2 aromatic carbocycles. The molecule has 1 aliphatic heterocycles. The molecule has 2 heterocycles. The van der Waals surface area contributed by atoms with E-state index in [0.717, 1.165) is 69.5 Å². The zero-order valence-electron chi connectivity index (χ0n) is 25.5. The molecule has 11 nitrogen and oxygen atoms in total. The largest absolute Gasteiger partial charge is 0.439 e. The number of anilines is 2. The van der Waals surface area contributed by atoms with Gasteiger partial charge in [-0.3, -0.25) is 14.4 Å². The monoisotopic (exact) mass is 656 g/mol. The first kappa shape index (κ1) is 33.1. The van der Waals surface area contributed by atoms with Gasteiger partial charge < -0.3 is 20.7 Å². The van der Waals surface area contributed by atoms with Crippen molar-refractivity contribution in [1.29, 1.82) is 0 Å². The van der Waals surface area contributed by atoms with Crippen LogP contribution in [-0.2, 0) is 16.6 Å². The minimum Gasteiger partial charge on any atom is -0.439 e. The molecule has 0 spiro atoms. The molecule has 1 saturated carbocycles. The second-order valence-electron chi connectivity index (χ2n) is 11.9. The normalized spacial score (nSPS) is 16.2. The number of carbonyl (C=O) groups is 2. The first-order valence-electron chi connectivity index (χ1n) is 15.2. The van der Waals surface area contributed by atoms with Crippen molar-refractivity contribution in [2.75, 3.05) is 35.9 Å². The Morgan fingerprint density at radius 2 is 1.72 bits per heavy atom. The second-order valence-corrected chi connectivity index (χ2v) is 13.7. The summed E-state index contributed by atoms with van der Waals surface area (Å²) < 4.78 is 59.5. The number of likely N-dealkylation sites (tertiary alicyclic amines) is 1. The van der Waals surface area contributed by atoms with Gasteiger partial charge in [-0.2, -0.15) is 0 Å². The van der Waals surface area contributed by atoms with Crippen LogP contribution in [0.5, 0.6) is 11.6 Å². The molecule has 0 atom stereocenters. The zero-order valence-corrected chi connectivity index (χ0v) is 26.4. The number of amides is 3. The first-order valence-corrected chi connectivity index (χ1v) is 17.1. The van der Waals surface area contributed by atoms with E-state index in [4.69, 9.17) is 10.5 Å². The Kier molecular flexibility index (Phi) is 10.4. The van der Waals surface area contributed by atoms with Gasteiger partial charge in [-0.15, -0.1) is 0 Å². The average Bonchev–Trinajstić information content (AvgIpc) is 3.52. The minimum atomic E-state index is -3.36. The number of nitrogens with zero attached hydrogens (tertiary/aromatic N) is 3. The highest BCUT2D eigenvalue weighted by Crippen LogP contribution is 2.29. The fourth-order valence-electron chi connectivity index (χ4n) is 6.03. The predicted octanol–water partition coefficient (Wildman–Crippen LogP) is 5.31. The Balaban J connectivity index is 1.17. The zero-order chi connectivity index (χ0) is 32.8. The average molecular weight is 657 g/mol. The smallest absolute Gasteiger partial charge is 0.322 e. The molecule has 4 N–H and O–H groups in total. The van der Waals surface area contributed by atoms with Crippen LogP contribution in [0.15, 0.2) is 54.7 Å². The van der Waals surface area contributed by atoms with Gasteiger partial charge >= 0.3 is 6.03 Å². The summed E-state index contributed by atoms with van der Waals surface area (Å²) in [5, 5.41) is 2.57. The molecule has 3 amide bonds. The summed E-state index contributed by atoms with van der Waals surface area (Å²) in [5.74, 6) is -1.82. The van der Waals surface area contributed by atoms with Crippen molar-refractivity contribution in [2.24, 2.45) is 11.7 Å². The number of benzene rings is 2. The van der Waals surface area contributed by atoms with E-state index in [1.54, 1.807) is 41.4 Å². The Morgan fingerprint density at radius 3 is 2.33 bits per heavy atom. The summed E-state index contributed by atoms with van der Waals surface area (Å²) in [6, 6.07) is 11.2. The molecule has 246 valence electrons. The molecule has 1 saturated heterocycles. The minimum absolute atomic E-state index is 0.0658. The maximum atomic E-state index is 14.6. The van der Waals surface area contributed by atoms with Crippen molar-refractivity contribution >= 4 is 33.3 Å². The maximum Gasteiger partial charge on any atom is 0.322 e. The van der Waals surface area contributed by atoms with Gasteiger partial charge in [0.15, 0.2) is 0 Å². The van der Waals surface area contributed by atoms with Crippen molar-refractivity contribution in [3.8, 4) is 11.6 Å². The van der Waals surface area contributed by atoms with Gasteiger partial charge in [-0.25, -0.2) is 27.0 Å². The van der Waals surface area contributed by atoms with Crippen molar-refractivity contribution in [3.63, 3.8) is 0 Å². The molecule has 2 aliphatic rings.